The van der Waals surface area contributed by atoms with E-state index in [1.807, 2.05) is 0 Å². The number of nitrogens with one attached hydrogen (secondary N) is 1. The number of halogens is 1. The van der Waals surface area contributed by atoms with Crippen LogP contribution in [0.5, 0.6) is 0 Å². The van der Waals surface area contributed by atoms with Gasteiger partial charge in [-0.25, -0.2) is 13.6 Å². The van der Waals surface area contributed by atoms with Crippen LogP contribution in [0.25, 0.3) is 0 Å². The van der Waals surface area contributed by atoms with E-state index in [1.165, 1.54) is 28.8 Å². The maximum absolute atomic E-state index is 11.3. The van der Waals surface area contributed by atoms with Crippen LogP contribution in [0.3, 0.4) is 0 Å². The molecule has 21 heavy (non-hydrogen) atoms. The van der Waals surface area contributed by atoms with E-state index >= 15 is 0 Å². The lowest BCUT2D eigenvalue weighted by molar-refractivity contribution is 0.598. The molecule has 2 aromatic rings. The molecule has 2 aromatic carbocycles. The van der Waals surface area contributed by atoms with Crippen LogP contribution in [-0.2, 0) is 16.6 Å². The van der Waals surface area contributed by atoms with Crippen molar-refractivity contribution in [3.8, 4) is 0 Å². The SMILES string of the molecule is Cc1cc(C)cc(CNc2ccc(S(N)(=O)=O)cc2Br)c1. The third-order valence-electron chi connectivity index (χ3n) is 3.03. The molecule has 0 spiro atoms. The predicted molar refractivity (Wildman–Crippen MR) is 88.8 cm³/mol. The van der Waals surface area contributed by atoms with Gasteiger partial charge in [-0.2, -0.15) is 0 Å². The van der Waals surface area contributed by atoms with Crippen molar-refractivity contribution in [3.63, 3.8) is 0 Å². The minimum Gasteiger partial charge on any atom is -0.380 e. The van der Waals surface area contributed by atoms with Gasteiger partial charge in [0.05, 0.1) is 4.90 Å². The highest BCUT2D eigenvalue weighted by atomic mass is 79.9. The van der Waals surface area contributed by atoms with E-state index in [2.05, 4.69) is 53.3 Å². The molecule has 0 fully saturated rings. The van der Waals surface area contributed by atoms with E-state index in [9.17, 15) is 8.42 Å². The molecule has 112 valence electrons. The van der Waals surface area contributed by atoms with E-state index in [0.717, 1.165) is 5.69 Å². The lowest BCUT2D eigenvalue weighted by atomic mass is 10.1. The Morgan fingerprint density at radius 1 is 1.10 bits per heavy atom. The van der Waals surface area contributed by atoms with E-state index in [0.29, 0.717) is 11.0 Å². The summed E-state index contributed by atoms with van der Waals surface area (Å²) >= 11 is 3.36. The molecule has 0 aliphatic rings. The summed E-state index contributed by atoms with van der Waals surface area (Å²) < 4.78 is 23.2. The van der Waals surface area contributed by atoms with Crippen LogP contribution in [-0.4, -0.2) is 8.42 Å². The van der Waals surface area contributed by atoms with Gasteiger partial charge in [-0.1, -0.05) is 29.3 Å². The quantitative estimate of drug-likeness (QED) is 0.869. The summed E-state index contributed by atoms with van der Waals surface area (Å²) in [4.78, 5) is 0.0892. The first-order chi connectivity index (χ1) is 9.75. The summed E-state index contributed by atoms with van der Waals surface area (Å²) in [6.45, 7) is 4.79. The van der Waals surface area contributed by atoms with Crippen LogP contribution >= 0.6 is 15.9 Å². The molecule has 0 atom stereocenters. The molecule has 0 aliphatic heterocycles. The molecule has 3 N–H and O–H groups in total. The second-order valence-electron chi connectivity index (χ2n) is 5.04. The van der Waals surface area contributed by atoms with Gasteiger partial charge in [-0.3, -0.25) is 0 Å². The minimum atomic E-state index is -3.68. The summed E-state index contributed by atoms with van der Waals surface area (Å²) in [5, 5.41) is 8.38. The van der Waals surface area contributed by atoms with E-state index in [4.69, 9.17) is 5.14 Å². The zero-order valence-corrected chi connectivity index (χ0v) is 14.3. The van der Waals surface area contributed by atoms with Gasteiger partial charge >= 0.3 is 0 Å². The molecule has 0 radical (unpaired) electrons. The number of primary sulfonamides is 1. The Bertz CT molecular complexity index is 753. The molecule has 0 heterocycles. The molecular formula is C15H17BrN2O2S. The van der Waals surface area contributed by atoms with E-state index in [-0.39, 0.29) is 4.90 Å². The van der Waals surface area contributed by atoms with Crippen molar-refractivity contribution in [1.82, 2.24) is 0 Å². The topological polar surface area (TPSA) is 72.2 Å². The molecule has 2 rings (SSSR count). The maximum atomic E-state index is 11.3. The second-order valence-corrected chi connectivity index (χ2v) is 7.45. The normalized spacial score (nSPS) is 11.4. The van der Waals surface area contributed by atoms with Gasteiger partial charge in [0.25, 0.3) is 0 Å². The fourth-order valence-electron chi connectivity index (χ4n) is 2.18. The third-order valence-corrected chi connectivity index (χ3v) is 4.60. The van der Waals surface area contributed by atoms with Crippen LogP contribution in [0.2, 0.25) is 0 Å². The average Bonchev–Trinajstić information content (AvgIpc) is 2.35. The molecule has 0 bridgehead atoms. The maximum Gasteiger partial charge on any atom is 0.238 e. The van der Waals surface area contributed by atoms with Crippen LogP contribution < -0.4 is 10.5 Å². The van der Waals surface area contributed by atoms with Gasteiger partial charge in [0.1, 0.15) is 0 Å². The average molecular weight is 369 g/mol. The summed E-state index contributed by atoms with van der Waals surface area (Å²) in [5.41, 5.74) is 4.43. The highest BCUT2D eigenvalue weighted by molar-refractivity contribution is 9.10. The highest BCUT2D eigenvalue weighted by Crippen LogP contribution is 2.26. The number of aryl methyl sites for hydroxylation is 2. The third kappa shape index (κ3) is 4.30. The van der Waals surface area contributed by atoms with Crippen LogP contribution in [0.4, 0.5) is 5.69 Å². The van der Waals surface area contributed by atoms with Crippen molar-refractivity contribution < 1.29 is 8.42 Å². The molecule has 0 saturated heterocycles. The molecule has 0 saturated carbocycles. The van der Waals surface area contributed by atoms with Gasteiger partial charge in [0, 0.05) is 16.7 Å². The smallest absolute Gasteiger partial charge is 0.238 e. The summed E-state index contributed by atoms with van der Waals surface area (Å²) in [5.74, 6) is 0. The number of hydrogen-bond acceptors (Lipinski definition) is 3. The number of benzene rings is 2. The fourth-order valence-corrected chi connectivity index (χ4v) is 3.39. The largest absolute Gasteiger partial charge is 0.380 e. The molecule has 6 heteroatoms. The van der Waals surface area contributed by atoms with Crippen LogP contribution in [0.1, 0.15) is 16.7 Å². The van der Waals surface area contributed by atoms with Gasteiger partial charge in [0.15, 0.2) is 0 Å². The lowest BCUT2D eigenvalue weighted by Gasteiger charge is -2.11. The summed E-state index contributed by atoms with van der Waals surface area (Å²) in [6, 6.07) is 11.1. The number of hydrogen-bond donors (Lipinski definition) is 2. The Labute approximate surface area is 133 Å². The molecule has 0 amide bonds. The summed E-state index contributed by atoms with van der Waals surface area (Å²) in [6.07, 6.45) is 0. The van der Waals surface area contributed by atoms with Crippen molar-refractivity contribution in [2.45, 2.75) is 25.3 Å². The van der Waals surface area contributed by atoms with Crippen molar-refractivity contribution in [2.75, 3.05) is 5.32 Å². The minimum absolute atomic E-state index is 0.0892. The second kappa shape index (κ2) is 6.17. The first kappa shape index (κ1) is 16.0. The highest BCUT2D eigenvalue weighted by Gasteiger charge is 2.10. The number of rotatable bonds is 4. The Hall–Kier alpha value is -1.37. The van der Waals surface area contributed by atoms with Gasteiger partial charge in [0.2, 0.25) is 10.0 Å². The number of nitrogens with two attached hydrogens (primary N) is 1. The molecule has 0 unspecified atom stereocenters. The first-order valence-electron chi connectivity index (χ1n) is 6.39. The predicted octanol–water partition coefficient (Wildman–Crippen LogP) is 3.33. The van der Waals surface area contributed by atoms with Crippen LogP contribution in [0, 0.1) is 13.8 Å². The Balaban J connectivity index is 2.17. The van der Waals surface area contributed by atoms with Gasteiger partial charge < -0.3 is 5.32 Å². The number of sulfonamides is 1. The monoisotopic (exact) mass is 368 g/mol. The van der Waals surface area contributed by atoms with E-state index < -0.39 is 10.0 Å². The molecule has 0 aliphatic carbocycles. The van der Waals surface area contributed by atoms with Crippen LogP contribution in [0.15, 0.2) is 45.8 Å². The van der Waals surface area contributed by atoms with Crippen molar-refractivity contribution in [1.29, 1.82) is 0 Å². The Kier molecular flexibility index (Phi) is 4.70. The number of anilines is 1. The fraction of sp³-hybridized carbons (Fsp3) is 0.200. The molecular weight excluding hydrogens is 352 g/mol. The Morgan fingerprint density at radius 3 is 2.24 bits per heavy atom. The van der Waals surface area contributed by atoms with Crippen molar-refractivity contribution in [3.05, 3.63) is 57.6 Å². The Morgan fingerprint density at radius 2 is 1.71 bits per heavy atom. The van der Waals surface area contributed by atoms with Gasteiger partial charge in [-0.15, -0.1) is 0 Å². The lowest BCUT2D eigenvalue weighted by Crippen LogP contribution is -2.12. The molecule has 4 nitrogen and oxygen atoms in total. The standard InChI is InChI=1S/C15H17BrN2O2S/c1-10-5-11(2)7-12(6-10)9-18-15-4-3-13(8-14(15)16)21(17,19)20/h3-8,18H,9H2,1-2H3,(H2,17,19,20). The summed E-state index contributed by atoms with van der Waals surface area (Å²) in [7, 11) is -3.68. The van der Waals surface area contributed by atoms with Crippen molar-refractivity contribution in [2.24, 2.45) is 5.14 Å². The first-order valence-corrected chi connectivity index (χ1v) is 8.73. The molecule has 0 aromatic heterocycles. The van der Waals surface area contributed by atoms with Gasteiger partial charge in [-0.05, 0) is 53.5 Å². The van der Waals surface area contributed by atoms with E-state index in [1.54, 1.807) is 6.07 Å². The zero-order chi connectivity index (χ0) is 15.6. The van der Waals surface area contributed by atoms with Crippen molar-refractivity contribution >= 4 is 31.6 Å². The zero-order valence-electron chi connectivity index (χ0n) is 11.9.